The van der Waals surface area contributed by atoms with Crippen molar-refractivity contribution in [2.75, 3.05) is 12.8 Å². The van der Waals surface area contributed by atoms with Crippen molar-refractivity contribution in [3.05, 3.63) is 16.1 Å². The summed E-state index contributed by atoms with van der Waals surface area (Å²) >= 11 is 1.63. The Morgan fingerprint density at radius 1 is 1.44 bits per heavy atom. The zero-order chi connectivity index (χ0) is 12.4. The number of hydrogen-bond donors (Lipinski definition) is 1. The Morgan fingerprint density at radius 3 is 2.50 bits per heavy atom. The zero-order valence-corrected chi connectivity index (χ0v) is 11.7. The van der Waals surface area contributed by atoms with E-state index in [1.807, 2.05) is 5.38 Å². The fourth-order valence-corrected chi connectivity index (χ4v) is 2.55. The van der Waals surface area contributed by atoms with Gasteiger partial charge in [0.15, 0.2) is 0 Å². The molecule has 0 aliphatic carbocycles. The molecule has 1 aromatic rings. The monoisotopic (exact) mass is 262 g/mol. The number of nitrogens with zero attached hydrogens (tertiary/aromatic N) is 1. The maximum atomic E-state index is 10.9. The molecule has 1 N–H and O–H groups in total. The number of rotatable bonds is 4. The Balaban J connectivity index is 2.54. The zero-order valence-electron chi connectivity index (χ0n) is 10.1. The topological polar surface area (TPSA) is 59.1 Å². The van der Waals surface area contributed by atoms with Gasteiger partial charge < -0.3 is 0 Å². The Hall–Kier alpha value is -0.460. The van der Waals surface area contributed by atoms with Crippen molar-refractivity contribution in [1.29, 1.82) is 0 Å². The molecule has 0 unspecified atom stereocenters. The van der Waals surface area contributed by atoms with Gasteiger partial charge in [0.05, 0.1) is 17.0 Å². The lowest BCUT2D eigenvalue weighted by Crippen LogP contribution is -2.24. The van der Waals surface area contributed by atoms with Crippen LogP contribution >= 0.6 is 11.3 Å². The first kappa shape index (κ1) is 13.6. The molecular formula is C10H18N2O2S2. The molecule has 0 saturated heterocycles. The van der Waals surface area contributed by atoms with E-state index < -0.39 is 10.0 Å². The highest BCUT2D eigenvalue weighted by atomic mass is 32.2. The predicted octanol–water partition coefficient (Wildman–Crippen LogP) is 1.53. The van der Waals surface area contributed by atoms with Crippen LogP contribution < -0.4 is 4.72 Å². The molecule has 0 aliphatic rings. The molecule has 6 heteroatoms. The fourth-order valence-electron chi connectivity index (χ4n) is 1.13. The molecule has 0 spiro atoms. The fraction of sp³-hybridized carbons (Fsp3) is 0.700. The van der Waals surface area contributed by atoms with Crippen LogP contribution in [0, 0.1) is 0 Å². The summed E-state index contributed by atoms with van der Waals surface area (Å²) < 4.78 is 24.2. The Labute approximate surface area is 101 Å². The predicted molar refractivity (Wildman–Crippen MR) is 67.4 cm³/mol. The van der Waals surface area contributed by atoms with Crippen LogP contribution in [0.5, 0.6) is 0 Å². The van der Waals surface area contributed by atoms with Crippen LogP contribution in [0.1, 0.15) is 31.5 Å². The minimum atomic E-state index is -3.09. The second kappa shape index (κ2) is 4.81. The lowest BCUT2D eigenvalue weighted by atomic mass is 9.98. The molecular weight excluding hydrogens is 244 g/mol. The first-order valence-electron chi connectivity index (χ1n) is 5.08. The summed E-state index contributed by atoms with van der Waals surface area (Å²) in [6, 6.07) is 0. The van der Waals surface area contributed by atoms with Gasteiger partial charge in [0, 0.05) is 23.8 Å². The molecule has 1 rings (SSSR count). The molecule has 1 aromatic heterocycles. The summed E-state index contributed by atoms with van der Waals surface area (Å²) in [6.07, 6.45) is 1.80. The molecule has 0 aromatic carbocycles. The van der Waals surface area contributed by atoms with E-state index in [-0.39, 0.29) is 5.41 Å². The average Bonchev–Trinajstić information content (AvgIpc) is 2.49. The Bertz CT molecular complexity index is 444. The van der Waals surface area contributed by atoms with Crippen LogP contribution in [0.4, 0.5) is 0 Å². The number of aromatic nitrogens is 1. The largest absolute Gasteiger partial charge is 0.246 e. The van der Waals surface area contributed by atoms with Gasteiger partial charge in [-0.1, -0.05) is 20.8 Å². The standard InChI is InChI=1S/C10H18N2O2S2/c1-10(2,3)9-12-8(7-15-9)5-6-11-16(4,13)14/h7,11H,5-6H2,1-4H3. The van der Waals surface area contributed by atoms with Crippen molar-refractivity contribution >= 4 is 21.4 Å². The lowest BCUT2D eigenvalue weighted by Gasteiger charge is -2.13. The first-order valence-corrected chi connectivity index (χ1v) is 7.85. The SMILES string of the molecule is CC(C)(C)c1nc(CCNS(C)(=O)=O)cs1. The number of hydrogen-bond acceptors (Lipinski definition) is 4. The molecule has 0 amide bonds. The highest BCUT2D eigenvalue weighted by Crippen LogP contribution is 2.25. The highest BCUT2D eigenvalue weighted by Gasteiger charge is 2.17. The highest BCUT2D eigenvalue weighted by molar-refractivity contribution is 7.88. The van der Waals surface area contributed by atoms with Crippen LogP contribution in [0.15, 0.2) is 5.38 Å². The third kappa shape index (κ3) is 4.59. The van der Waals surface area contributed by atoms with Gasteiger partial charge in [-0.3, -0.25) is 0 Å². The molecule has 16 heavy (non-hydrogen) atoms. The third-order valence-corrected chi connectivity index (χ3v) is 3.98. The molecule has 0 bridgehead atoms. The second-order valence-electron chi connectivity index (χ2n) is 4.81. The first-order chi connectivity index (χ1) is 7.18. The molecule has 4 nitrogen and oxygen atoms in total. The Kier molecular flexibility index (Phi) is 4.09. The van der Waals surface area contributed by atoms with Crippen LogP contribution in [0.25, 0.3) is 0 Å². The number of thiazole rings is 1. The van der Waals surface area contributed by atoms with E-state index >= 15 is 0 Å². The number of sulfonamides is 1. The maximum absolute atomic E-state index is 10.9. The smallest absolute Gasteiger partial charge is 0.208 e. The van der Waals surface area contributed by atoms with Crippen molar-refractivity contribution in [3.8, 4) is 0 Å². The summed E-state index contributed by atoms with van der Waals surface area (Å²) in [5.74, 6) is 0. The van der Waals surface area contributed by atoms with Gasteiger partial charge in [0.25, 0.3) is 0 Å². The van der Waals surface area contributed by atoms with E-state index in [0.29, 0.717) is 13.0 Å². The molecule has 0 radical (unpaired) electrons. The lowest BCUT2D eigenvalue weighted by molar-refractivity contribution is 0.579. The molecule has 0 atom stereocenters. The van der Waals surface area contributed by atoms with Crippen molar-refractivity contribution < 1.29 is 8.42 Å². The van der Waals surface area contributed by atoms with E-state index in [0.717, 1.165) is 17.0 Å². The normalized spacial score (nSPS) is 13.0. The summed E-state index contributed by atoms with van der Waals surface area (Å²) in [7, 11) is -3.09. The molecule has 0 fully saturated rings. The quantitative estimate of drug-likeness (QED) is 0.895. The van der Waals surface area contributed by atoms with Crippen molar-refractivity contribution in [2.45, 2.75) is 32.6 Å². The molecule has 1 heterocycles. The van der Waals surface area contributed by atoms with E-state index in [4.69, 9.17) is 0 Å². The Morgan fingerprint density at radius 2 is 2.06 bits per heavy atom. The van der Waals surface area contributed by atoms with Gasteiger partial charge in [-0.05, 0) is 0 Å². The third-order valence-electron chi connectivity index (χ3n) is 1.94. The summed E-state index contributed by atoms with van der Waals surface area (Å²) in [5.41, 5.74) is 1.01. The van der Waals surface area contributed by atoms with Crippen molar-refractivity contribution in [2.24, 2.45) is 0 Å². The summed E-state index contributed by atoms with van der Waals surface area (Å²) in [5, 5.41) is 3.08. The van der Waals surface area contributed by atoms with Gasteiger partial charge in [-0.25, -0.2) is 18.1 Å². The minimum absolute atomic E-state index is 0.0627. The van der Waals surface area contributed by atoms with E-state index in [2.05, 4.69) is 30.5 Å². The van der Waals surface area contributed by atoms with Gasteiger partial charge in [0.1, 0.15) is 0 Å². The molecule has 0 aliphatic heterocycles. The van der Waals surface area contributed by atoms with Gasteiger partial charge in [-0.15, -0.1) is 11.3 Å². The van der Waals surface area contributed by atoms with E-state index in [1.54, 1.807) is 11.3 Å². The second-order valence-corrected chi connectivity index (χ2v) is 7.50. The van der Waals surface area contributed by atoms with E-state index in [9.17, 15) is 8.42 Å². The van der Waals surface area contributed by atoms with E-state index in [1.165, 1.54) is 0 Å². The van der Waals surface area contributed by atoms with Crippen molar-refractivity contribution in [1.82, 2.24) is 9.71 Å². The van der Waals surface area contributed by atoms with Crippen molar-refractivity contribution in [3.63, 3.8) is 0 Å². The molecule has 92 valence electrons. The van der Waals surface area contributed by atoms with Gasteiger partial charge in [-0.2, -0.15) is 0 Å². The van der Waals surface area contributed by atoms with Gasteiger partial charge >= 0.3 is 0 Å². The summed E-state index contributed by atoms with van der Waals surface area (Å²) in [4.78, 5) is 4.48. The number of nitrogens with one attached hydrogen (secondary N) is 1. The molecule has 0 saturated carbocycles. The van der Waals surface area contributed by atoms with Crippen LogP contribution in [0.2, 0.25) is 0 Å². The van der Waals surface area contributed by atoms with Crippen LogP contribution in [0.3, 0.4) is 0 Å². The minimum Gasteiger partial charge on any atom is -0.246 e. The van der Waals surface area contributed by atoms with Gasteiger partial charge in [0.2, 0.25) is 10.0 Å². The summed E-state index contributed by atoms with van der Waals surface area (Å²) in [6.45, 7) is 6.76. The average molecular weight is 262 g/mol. The van der Waals surface area contributed by atoms with Crippen LogP contribution in [-0.4, -0.2) is 26.2 Å². The maximum Gasteiger partial charge on any atom is 0.208 e. The van der Waals surface area contributed by atoms with Crippen LogP contribution in [-0.2, 0) is 21.9 Å².